The first-order chi connectivity index (χ1) is 9.32. The van der Waals surface area contributed by atoms with Crippen LogP contribution in [0.1, 0.15) is 29.3 Å². The van der Waals surface area contributed by atoms with E-state index in [2.05, 4.69) is 0 Å². The highest BCUT2D eigenvalue weighted by Gasteiger charge is 2.34. The molecule has 0 saturated carbocycles. The summed E-state index contributed by atoms with van der Waals surface area (Å²) in [7, 11) is 0. The van der Waals surface area contributed by atoms with Gasteiger partial charge in [-0.3, -0.25) is 4.79 Å². The van der Waals surface area contributed by atoms with Crippen LogP contribution < -0.4 is 5.73 Å². The van der Waals surface area contributed by atoms with Crippen molar-refractivity contribution in [3.05, 3.63) is 29.3 Å². The first-order valence-corrected chi connectivity index (χ1v) is 6.18. The van der Waals surface area contributed by atoms with Crippen molar-refractivity contribution in [2.45, 2.75) is 19.5 Å². The van der Waals surface area contributed by atoms with Crippen molar-refractivity contribution >= 4 is 11.6 Å². The van der Waals surface area contributed by atoms with Crippen molar-refractivity contribution in [2.24, 2.45) is 0 Å². The Morgan fingerprint density at radius 3 is 2.50 bits per heavy atom. The third-order valence-electron chi connectivity index (χ3n) is 2.79. The summed E-state index contributed by atoms with van der Waals surface area (Å²) in [6.45, 7) is 1.97. The van der Waals surface area contributed by atoms with Crippen LogP contribution in [0.2, 0.25) is 0 Å². The third kappa shape index (κ3) is 3.63. The van der Waals surface area contributed by atoms with E-state index in [9.17, 15) is 18.0 Å². The quantitative estimate of drug-likeness (QED) is 0.816. The van der Waals surface area contributed by atoms with Gasteiger partial charge in [0.2, 0.25) is 0 Å². The average Bonchev–Trinajstić information content (AvgIpc) is 2.36. The van der Waals surface area contributed by atoms with Gasteiger partial charge >= 0.3 is 6.18 Å². The summed E-state index contributed by atoms with van der Waals surface area (Å²) in [5, 5.41) is 8.91. The summed E-state index contributed by atoms with van der Waals surface area (Å²) in [4.78, 5) is 13.5. The molecule has 1 aromatic rings. The van der Waals surface area contributed by atoms with Gasteiger partial charge in [-0.15, -0.1) is 0 Å². The van der Waals surface area contributed by atoms with Crippen molar-refractivity contribution in [3.63, 3.8) is 0 Å². The molecule has 4 nitrogen and oxygen atoms in total. The van der Waals surface area contributed by atoms with Crippen LogP contribution in [0.25, 0.3) is 0 Å². The second-order valence-corrected chi connectivity index (χ2v) is 4.28. The monoisotopic (exact) mass is 290 g/mol. The Labute approximate surface area is 115 Å². The van der Waals surface area contributed by atoms with E-state index in [0.29, 0.717) is 13.0 Å². The maximum atomic E-state index is 12.7. The van der Waals surface area contributed by atoms with Crippen molar-refractivity contribution in [1.29, 1.82) is 0 Å². The molecule has 0 atom stereocenters. The Kier molecular flexibility index (Phi) is 5.38. The molecule has 0 aliphatic rings. The van der Waals surface area contributed by atoms with E-state index in [-0.39, 0.29) is 18.7 Å². The standard InChI is InChI=1S/C13H17F3N2O2/c1-2-6-18(7-8-19)12(20)9-4-3-5-10(11(9)17)13(14,15)16/h3-5,19H,2,6-8,17H2,1H3. The lowest BCUT2D eigenvalue weighted by molar-refractivity contribution is -0.136. The Morgan fingerprint density at radius 2 is 2.00 bits per heavy atom. The molecule has 20 heavy (non-hydrogen) atoms. The molecule has 0 radical (unpaired) electrons. The third-order valence-corrected chi connectivity index (χ3v) is 2.79. The largest absolute Gasteiger partial charge is 0.418 e. The zero-order valence-corrected chi connectivity index (χ0v) is 11.1. The van der Waals surface area contributed by atoms with Crippen LogP contribution in [0.4, 0.5) is 18.9 Å². The number of amides is 1. The van der Waals surface area contributed by atoms with Crippen LogP contribution in [-0.4, -0.2) is 35.6 Å². The molecule has 0 unspecified atom stereocenters. The summed E-state index contributed by atoms with van der Waals surface area (Å²) in [6, 6.07) is 3.24. The number of nitrogens with zero attached hydrogens (tertiary/aromatic N) is 1. The number of alkyl halides is 3. The molecule has 1 aromatic carbocycles. The van der Waals surface area contributed by atoms with Crippen LogP contribution in [0.3, 0.4) is 0 Å². The number of hydrogen-bond acceptors (Lipinski definition) is 3. The maximum Gasteiger partial charge on any atom is 0.418 e. The van der Waals surface area contributed by atoms with Crippen LogP contribution in [-0.2, 0) is 6.18 Å². The number of aliphatic hydroxyl groups excluding tert-OH is 1. The molecule has 0 aliphatic carbocycles. The number of anilines is 1. The lowest BCUT2D eigenvalue weighted by atomic mass is 10.1. The first kappa shape index (κ1) is 16.3. The first-order valence-electron chi connectivity index (χ1n) is 6.18. The molecule has 0 bridgehead atoms. The van der Waals surface area contributed by atoms with E-state index < -0.39 is 23.3 Å². The number of rotatable bonds is 5. The Morgan fingerprint density at radius 1 is 1.35 bits per heavy atom. The second-order valence-electron chi connectivity index (χ2n) is 4.28. The molecule has 0 aromatic heterocycles. The van der Waals surface area contributed by atoms with Gasteiger partial charge in [0.15, 0.2) is 0 Å². The Hall–Kier alpha value is -1.76. The number of carbonyl (C=O) groups excluding carboxylic acids is 1. The van der Waals surface area contributed by atoms with Crippen molar-refractivity contribution in [2.75, 3.05) is 25.4 Å². The number of benzene rings is 1. The van der Waals surface area contributed by atoms with Gasteiger partial charge in [0, 0.05) is 13.1 Å². The molecule has 112 valence electrons. The molecule has 7 heteroatoms. The molecule has 0 saturated heterocycles. The lowest BCUT2D eigenvalue weighted by Crippen LogP contribution is -2.35. The van der Waals surface area contributed by atoms with Crippen LogP contribution >= 0.6 is 0 Å². The van der Waals surface area contributed by atoms with E-state index in [1.54, 1.807) is 0 Å². The highest BCUT2D eigenvalue weighted by Crippen LogP contribution is 2.35. The van der Waals surface area contributed by atoms with Crippen LogP contribution in [0.5, 0.6) is 0 Å². The number of nitrogens with two attached hydrogens (primary N) is 1. The molecular weight excluding hydrogens is 273 g/mol. The van der Waals surface area contributed by atoms with Gasteiger partial charge in [-0.1, -0.05) is 13.0 Å². The van der Waals surface area contributed by atoms with E-state index in [1.165, 1.54) is 11.0 Å². The number of aliphatic hydroxyl groups is 1. The van der Waals surface area contributed by atoms with Crippen molar-refractivity contribution in [3.8, 4) is 0 Å². The smallest absolute Gasteiger partial charge is 0.398 e. The van der Waals surface area contributed by atoms with E-state index in [4.69, 9.17) is 10.8 Å². The fraction of sp³-hybridized carbons (Fsp3) is 0.462. The number of hydrogen-bond donors (Lipinski definition) is 2. The highest BCUT2D eigenvalue weighted by atomic mass is 19.4. The zero-order valence-electron chi connectivity index (χ0n) is 11.1. The van der Waals surface area contributed by atoms with Gasteiger partial charge in [0.1, 0.15) is 0 Å². The second kappa shape index (κ2) is 6.60. The Balaban J connectivity index is 3.16. The van der Waals surface area contributed by atoms with Crippen LogP contribution in [0, 0.1) is 0 Å². The minimum atomic E-state index is -4.60. The van der Waals surface area contributed by atoms with E-state index in [0.717, 1.165) is 12.1 Å². The van der Waals surface area contributed by atoms with Gasteiger partial charge in [-0.05, 0) is 18.6 Å². The topological polar surface area (TPSA) is 66.6 Å². The number of halogens is 3. The van der Waals surface area contributed by atoms with Crippen LogP contribution in [0.15, 0.2) is 18.2 Å². The SMILES string of the molecule is CCCN(CCO)C(=O)c1cccc(C(F)(F)F)c1N. The molecule has 3 N–H and O–H groups in total. The number of nitrogen functional groups attached to an aromatic ring is 1. The minimum Gasteiger partial charge on any atom is -0.398 e. The normalized spacial score (nSPS) is 11.4. The summed E-state index contributed by atoms with van der Waals surface area (Å²) in [5.41, 5.74) is 3.67. The molecule has 0 fully saturated rings. The summed E-state index contributed by atoms with van der Waals surface area (Å²) >= 11 is 0. The van der Waals surface area contributed by atoms with Gasteiger partial charge < -0.3 is 15.7 Å². The fourth-order valence-electron chi connectivity index (χ4n) is 1.87. The highest BCUT2D eigenvalue weighted by molar-refractivity contribution is 5.99. The van der Waals surface area contributed by atoms with Gasteiger partial charge in [0.25, 0.3) is 5.91 Å². The Bertz CT molecular complexity index is 469. The van der Waals surface area contributed by atoms with E-state index in [1.807, 2.05) is 6.92 Å². The summed E-state index contributed by atoms with van der Waals surface area (Å²) < 4.78 is 38.2. The van der Waals surface area contributed by atoms with Gasteiger partial charge in [-0.25, -0.2) is 0 Å². The van der Waals surface area contributed by atoms with Crippen molar-refractivity contribution in [1.82, 2.24) is 4.90 Å². The lowest BCUT2D eigenvalue weighted by Gasteiger charge is -2.22. The molecule has 0 aliphatic heterocycles. The van der Waals surface area contributed by atoms with Gasteiger partial charge in [0.05, 0.1) is 23.4 Å². The van der Waals surface area contributed by atoms with E-state index >= 15 is 0 Å². The van der Waals surface area contributed by atoms with Gasteiger partial charge in [-0.2, -0.15) is 13.2 Å². The minimum absolute atomic E-state index is 0.0579. The molecule has 0 heterocycles. The number of para-hydroxylation sites is 1. The molecule has 1 amide bonds. The molecular formula is C13H17F3N2O2. The zero-order chi connectivity index (χ0) is 15.3. The van der Waals surface area contributed by atoms with Crippen molar-refractivity contribution < 1.29 is 23.1 Å². The molecule has 0 spiro atoms. The fourth-order valence-corrected chi connectivity index (χ4v) is 1.87. The predicted molar refractivity (Wildman–Crippen MR) is 69.1 cm³/mol. The predicted octanol–water partition coefficient (Wildman–Crippen LogP) is 2.13. The maximum absolute atomic E-state index is 12.7. The number of carbonyl (C=O) groups is 1. The molecule has 1 rings (SSSR count). The summed E-state index contributed by atoms with van der Waals surface area (Å²) in [5.74, 6) is -0.607. The average molecular weight is 290 g/mol. The summed E-state index contributed by atoms with van der Waals surface area (Å²) in [6.07, 6.45) is -3.97.